The van der Waals surface area contributed by atoms with E-state index in [1.165, 1.54) is 18.2 Å². The van der Waals surface area contributed by atoms with Crippen molar-refractivity contribution in [2.24, 2.45) is 0 Å². The molecule has 1 atom stereocenters. The van der Waals surface area contributed by atoms with Crippen molar-refractivity contribution >= 4 is 5.97 Å². The van der Waals surface area contributed by atoms with Crippen molar-refractivity contribution in [3.8, 4) is 0 Å². The summed E-state index contributed by atoms with van der Waals surface area (Å²) in [7, 11) is 1.44. The number of hydrogen-bond donors (Lipinski definition) is 0. The van der Waals surface area contributed by atoms with Crippen molar-refractivity contribution in [3.05, 3.63) is 71.8 Å². The molecule has 0 saturated heterocycles. The molecule has 2 aromatic rings. The summed E-state index contributed by atoms with van der Waals surface area (Å²) in [5.74, 6) is 0.000772. The summed E-state index contributed by atoms with van der Waals surface area (Å²) in [4.78, 5) is 11.6. The molecule has 2 heteroatoms. The van der Waals surface area contributed by atoms with Gasteiger partial charge in [0.25, 0.3) is 0 Å². The second kappa shape index (κ2) is 6.74. The van der Waals surface area contributed by atoms with E-state index in [0.717, 1.165) is 6.42 Å². The third-order valence-corrected chi connectivity index (χ3v) is 3.24. The molecule has 0 radical (unpaired) electrons. The van der Waals surface area contributed by atoms with Crippen LogP contribution in [0.25, 0.3) is 0 Å². The lowest BCUT2D eigenvalue weighted by molar-refractivity contribution is -0.141. The van der Waals surface area contributed by atoms with Gasteiger partial charge in [-0.25, -0.2) is 0 Å². The van der Waals surface area contributed by atoms with Crippen LogP contribution in [0, 0.1) is 0 Å². The quantitative estimate of drug-likeness (QED) is 0.762. The van der Waals surface area contributed by atoms with E-state index in [2.05, 4.69) is 24.3 Å². The molecule has 2 nitrogen and oxygen atoms in total. The zero-order valence-corrected chi connectivity index (χ0v) is 11.1. The van der Waals surface area contributed by atoms with Gasteiger partial charge in [-0.1, -0.05) is 60.7 Å². The highest BCUT2D eigenvalue weighted by Crippen LogP contribution is 2.24. The Morgan fingerprint density at radius 2 is 1.58 bits per heavy atom. The van der Waals surface area contributed by atoms with Crippen molar-refractivity contribution < 1.29 is 9.53 Å². The number of ether oxygens (including phenoxy) is 1. The predicted octanol–water partition coefficient (Wildman–Crippen LogP) is 3.58. The monoisotopic (exact) mass is 254 g/mol. The lowest BCUT2D eigenvalue weighted by Gasteiger charge is -2.16. The molecular weight excluding hydrogens is 236 g/mol. The first-order valence-corrected chi connectivity index (χ1v) is 6.45. The van der Waals surface area contributed by atoms with Gasteiger partial charge in [0.1, 0.15) is 0 Å². The largest absolute Gasteiger partial charge is 0.469 e. The van der Waals surface area contributed by atoms with Crippen molar-refractivity contribution in [2.45, 2.75) is 18.8 Å². The number of carbonyl (C=O) groups is 1. The lowest BCUT2D eigenvalue weighted by Crippen LogP contribution is -2.11. The highest BCUT2D eigenvalue weighted by molar-refractivity contribution is 5.70. The molecular formula is C17H18O2. The number of carbonyl (C=O) groups excluding carboxylic acids is 1. The van der Waals surface area contributed by atoms with Gasteiger partial charge in [0.2, 0.25) is 0 Å². The van der Waals surface area contributed by atoms with Gasteiger partial charge >= 0.3 is 5.97 Å². The smallest absolute Gasteiger partial charge is 0.306 e. The van der Waals surface area contributed by atoms with E-state index in [1.54, 1.807) is 0 Å². The third-order valence-electron chi connectivity index (χ3n) is 3.24. The molecule has 0 aliphatic rings. The topological polar surface area (TPSA) is 26.3 Å². The van der Waals surface area contributed by atoms with Crippen molar-refractivity contribution in [2.75, 3.05) is 7.11 Å². The first kappa shape index (κ1) is 13.3. The first-order chi connectivity index (χ1) is 9.29. The van der Waals surface area contributed by atoms with Gasteiger partial charge in [-0.2, -0.15) is 0 Å². The number of hydrogen-bond acceptors (Lipinski definition) is 2. The summed E-state index contributed by atoms with van der Waals surface area (Å²) in [5, 5.41) is 0. The Hall–Kier alpha value is -2.09. The molecule has 0 aliphatic carbocycles. The van der Waals surface area contributed by atoms with E-state index in [9.17, 15) is 4.79 Å². The summed E-state index contributed by atoms with van der Waals surface area (Å²) >= 11 is 0. The van der Waals surface area contributed by atoms with Gasteiger partial charge in [0, 0.05) is 0 Å². The lowest BCUT2D eigenvalue weighted by atomic mass is 9.89. The minimum Gasteiger partial charge on any atom is -0.469 e. The van der Waals surface area contributed by atoms with E-state index < -0.39 is 0 Å². The molecule has 0 aromatic heterocycles. The summed E-state index contributed by atoms with van der Waals surface area (Å²) < 4.78 is 4.80. The van der Waals surface area contributed by atoms with Crippen molar-refractivity contribution in [1.82, 2.24) is 0 Å². The van der Waals surface area contributed by atoms with Gasteiger partial charge in [0.05, 0.1) is 13.5 Å². The zero-order chi connectivity index (χ0) is 13.5. The van der Waals surface area contributed by atoms with Crippen LogP contribution >= 0.6 is 0 Å². The van der Waals surface area contributed by atoms with Crippen LogP contribution in [0.2, 0.25) is 0 Å². The summed E-state index contributed by atoms with van der Waals surface area (Å²) in [5.41, 5.74) is 2.41. The summed E-state index contributed by atoms with van der Waals surface area (Å²) in [6, 6.07) is 20.4. The average molecular weight is 254 g/mol. The number of esters is 1. The Morgan fingerprint density at radius 1 is 1.00 bits per heavy atom. The van der Waals surface area contributed by atoms with Crippen LogP contribution in [0.5, 0.6) is 0 Å². The molecule has 0 amide bonds. The number of benzene rings is 2. The van der Waals surface area contributed by atoms with Gasteiger partial charge < -0.3 is 4.74 Å². The fourth-order valence-electron chi connectivity index (χ4n) is 2.22. The molecule has 98 valence electrons. The van der Waals surface area contributed by atoms with Crippen LogP contribution in [-0.4, -0.2) is 13.1 Å². The molecule has 0 heterocycles. The average Bonchev–Trinajstić information content (AvgIpc) is 2.48. The van der Waals surface area contributed by atoms with Gasteiger partial charge in [-0.3, -0.25) is 4.79 Å². The number of methoxy groups -OCH3 is 1. The molecule has 19 heavy (non-hydrogen) atoms. The predicted molar refractivity (Wildman–Crippen MR) is 76.0 cm³/mol. The molecule has 0 saturated carbocycles. The molecule has 0 aliphatic heterocycles. The first-order valence-electron chi connectivity index (χ1n) is 6.45. The standard InChI is InChI=1S/C17H18O2/c1-19-17(18)13-16(15-10-6-3-7-11-15)12-14-8-4-2-5-9-14/h2-11,16H,12-13H2,1H3/t16-/m1/s1. The van der Waals surface area contributed by atoms with Crippen LogP contribution in [0.4, 0.5) is 0 Å². The Morgan fingerprint density at radius 3 is 2.16 bits per heavy atom. The van der Waals surface area contributed by atoms with Crippen LogP contribution < -0.4 is 0 Å². The Balaban J connectivity index is 2.17. The van der Waals surface area contributed by atoms with E-state index in [4.69, 9.17) is 4.74 Å². The van der Waals surface area contributed by atoms with Crippen LogP contribution in [-0.2, 0) is 16.0 Å². The highest BCUT2D eigenvalue weighted by Gasteiger charge is 2.16. The third kappa shape index (κ3) is 3.95. The Kier molecular flexibility index (Phi) is 4.73. The SMILES string of the molecule is COC(=O)C[C@@H](Cc1ccccc1)c1ccccc1. The summed E-state index contributed by atoms with van der Waals surface area (Å²) in [6.07, 6.45) is 1.26. The molecule has 2 rings (SSSR count). The van der Waals surface area contributed by atoms with Crippen LogP contribution in [0.15, 0.2) is 60.7 Å². The minimum atomic E-state index is -0.162. The van der Waals surface area contributed by atoms with Gasteiger partial charge in [-0.05, 0) is 23.5 Å². The maximum absolute atomic E-state index is 11.6. The zero-order valence-electron chi connectivity index (χ0n) is 11.1. The molecule has 0 unspecified atom stereocenters. The minimum absolute atomic E-state index is 0.162. The second-order valence-corrected chi connectivity index (χ2v) is 4.58. The van der Waals surface area contributed by atoms with E-state index in [0.29, 0.717) is 6.42 Å². The van der Waals surface area contributed by atoms with Crippen LogP contribution in [0.3, 0.4) is 0 Å². The molecule has 0 spiro atoms. The molecule has 2 aromatic carbocycles. The number of rotatable bonds is 5. The van der Waals surface area contributed by atoms with E-state index in [1.807, 2.05) is 36.4 Å². The maximum atomic E-state index is 11.6. The Labute approximate surface area is 114 Å². The Bertz CT molecular complexity index is 505. The van der Waals surface area contributed by atoms with Gasteiger partial charge in [0.15, 0.2) is 0 Å². The summed E-state index contributed by atoms with van der Waals surface area (Å²) in [6.45, 7) is 0. The van der Waals surface area contributed by atoms with Crippen LogP contribution in [0.1, 0.15) is 23.5 Å². The molecule has 0 bridgehead atoms. The van der Waals surface area contributed by atoms with Crippen molar-refractivity contribution in [3.63, 3.8) is 0 Å². The molecule has 0 fully saturated rings. The van der Waals surface area contributed by atoms with E-state index >= 15 is 0 Å². The van der Waals surface area contributed by atoms with Gasteiger partial charge in [-0.15, -0.1) is 0 Å². The normalized spacial score (nSPS) is 11.8. The maximum Gasteiger partial charge on any atom is 0.306 e. The van der Waals surface area contributed by atoms with Crippen molar-refractivity contribution in [1.29, 1.82) is 0 Å². The fourth-order valence-corrected chi connectivity index (χ4v) is 2.22. The highest BCUT2D eigenvalue weighted by atomic mass is 16.5. The fraction of sp³-hybridized carbons (Fsp3) is 0.235. The van der Waals surface area contributed by atoms with E-state index in [-0.39, 0.29) is 11.9 Å². The molecule has 0 N–H and O–H groups in total. The second-order valence-electron chi connectivity index (χ2n) is 4.58.